The third-order valence-electron chi connectivity index (χ3n) is 3.19. The Bertz CT molecular complexity index is 776. The van der Waals surface area contributed by atoms with Gasteiger partial charge in [0.25, 0.3) is 0 Å². The lowest BCUT2D eigenvalue weighted by atomic mass is 10.1. The molecular weight excluding hydrogens is 339 g/mol. The fourth-order valence-electron chi connectivity index (χ4n) is 1.97. The zero-order chi connectivity index (χ0) is 17.7. The number of hydrogen-bond donors (Lipinski definition) is 0. The third-order valence-corrected chi connectivity index (χ3v) is 3.43. The van der Waals surface area contributed by atoms with Crippen LogP contribution in [0.5, 0.6) is 11.5 Å². The summed E-state index contributed by atoms with van der Waals surface area (Å²) >= 11 is 5.62. The largest absolute Gasteiger partial charge is 0.497 e. The van der Waals surface area contributed by atoms with Gasteiger partial charge in [0.1, 0.15) is 17.3 Å². The number of esters is 1. The first-order chi connectivity index (χ1) is 11.5. The van der Waals surface area contributed by atoms with E-state index in [2.05, 4.69) is 0 Å². The summed E-state index contributed by atoms with van der Waals surface area (Å²) in [7, 11) is 2.87. The average molecular weight is 353 g/mol. The molecule has 0 amide bonds. The fraction of sp³-hybridized carbons (Fsp3) is 0.176. The summed E-state index contributed by atoms with van der Waals surface area (Å²) in [6.45, 7) is -0.565. The number of hydrogen-bond acceptors (Lipinski definition) is 5. The fourth-order valence-corrected chi connectivity index (χ4v) is 2.13. The van der Waals surface area contributed by atoms with Crippen molar-refractivity contribution >= 4 is 23.4 Å². The molecule has 0 unspecified atom stereocenters. The molecule has 0 saturated heterocycles. The SMILES string of the molecule is COc1ccc(OC)c(C(=O)COC(=O)c2ccc(Cl)cc2F)c1. The lowest BCUT2D eigenvalue weighted by molar-refractivity contribution is 0.0469. The van der Waals surface area contributed by atoms with E-state index in [1.807, 2.05) is 0 Å². The molecule has 126 valence electrons. The third kappa shape index (κ3) is 4.02. The Morgan fingerprint density at radius 3 is 2.42 bits per heavy atom. The number of carbonyl (C=O) groups excluding carboxylic acids is 2. The van der Waals surface area contributed by atoms with Crippen molar-refractivity contribution in [3.8, 4) is 11.5 Å². The lowest BCUT2D eigenvalue weighted by Crippen LogP contribution is -2.16. The van der Waals surface area contributed by atoms with Gasteiger partial charge in [0.15, 0.2) is 6.61 Å². The summed E-state index contributed by atoms with van der Waals surface area (Å²) < 4.78 is 28.7. The molecule has 0 N–H and O–H groups in total. The van der Waals surface area contributed by atoms with Crippen LogP contribution in [0, 0.1) is 5.82 Å². The summed E-state index contributed by atoms with van der Waals surface area (Å²) in [4.78, 5) is 24.1. The van der Waals surface area contributed by atoms with Gasteiger partial charge in [-0.1, -0.05) is 11.6 Å². The van der Waals surface area contributed by atoms with Gasteiger partial charge < -0.3 is 14.2 Å². The quantitative estimate of drug-likeness (QED) is 0.588. The molecule has 0 heterocycles. The topological polar surface area (TPSA) is 61.8 Å². The van der Waals surface area contributed by atoms with Crippen LogP contribution in [0.15, 0.2) is 36.4 Å². The molecule has 7 heteroatoms. The maximum atomic E-state index is 13.7. The molecule has 24 heavy (non-hydrogen) atoms. The minimum Gasteiger partial charge on any atom is -0.497 e. The van der Waals surface area contributed by atoms with Crippen LogP contribution in [-0.2, 0) is 4.74 Å². The number of ether oxygens (including phenoxy) is 3. The molecular formula is C17H14ClFO5. The highest BCUT2D eigenvalue weighted by molar-refractivity contribution is 6.30. The smallest absolute Gasteiger partial charge is 0.341 e. The van der Waals surface area contributed by atoms with Gasteiger partial charge in [0.2, 0.25) is 5.78 Å². The van der Waals surface area contributed by atoms with Gasteiger partial charge in [0.05, 0.1) is 25.3 Å². The van der Waals surface area contributed by atoms with E-state index in [4.69, 9.17) is 25.8 Å². The zero-order valence-corrected chi connectivity index (χ0v) is 13.7. The Kier molecular flexibility index (Phi) is 5.76. The molecule has 0 radical (unpaired) electrons. The van der Waals surface area contributed by atoms with Crippen molar-refractivity contribution < 1.29 is 28.2 Å². The van der Waals surface area contributed by atoms with E-state index in [0.717, 1.165) is 6.07 Å². The normalized spacial score (nSPS) is 10.2. The molecule has 0 aliphatic heterocycles. The minimum atomic E-state index is -0.959. The predicted octanol–water partition coefficient (Wildman–Crippen LogP) is 3.54. The first kappa shape index (κ1) is 17.7. The average Bonchev–Trinajstić information content (AvgIpc) is 2.58. The molecule has 0 aromatic heterocycles. The van der Waals surface area contributed by atoms with Gasteiger partial charge in [-0.25, -0.2) is 9.18 Å². The molecule has 2 aromatic carbocycles. The Labute approximate surface area is 142 Å². The summed E-state index contributed by atoms with van der Waals surface area (Å²) in [5.41, 5.74) is -0.106. The van der Waals surface area contributed by atoms with Gasteiger partial charge in [-0.3, -0.25) is 4.79 Å². The number of rotatable bonds is 6. The highest BCUT2D eigenvalue weighted by Gasteiger charge is 2.18. The highest BCUT2D eigenvalue weighted by atomic mass is 35.5. The van der Waals surface area contributed by atoms with Crippen LogP contribution in [-0.4, -0.2) is 32.6 Å². The molecule has 0 aliphatic carbocycles. The standard InChI is InChI=1S/C17H14ClFO5/c1-22-11-4-6-16(23-2)13(8-11)15(20)9-24-17(21)12-5-3-10(18)7-14(12)19/h3-8H,9H2,1-2H3. The van der Waals surface area contributed by atoms with E-state index in [1.54, 1.807) is 12.1 Å². The summed E-state index contributed by atoms with van der Waals surface area (Å²) in [5, 5.41) is 0.154. The van der Waals surface area contributed by atoms with Crippen molar-refractivity contribution in [3.05, 3.63) is 58.4 Å². The second-order valence-corrected chi connectivity index (χ2v) is 5.13. The Balaban J connectivity index is 2.11. The first-order valence-corrected chi connectivity index (χ1v) is 7.21. The number of halogens is 2. The van der Waals surface area contributed by atoms with E-state index in [1.165, 1.54) is 32.4 Å². The Hall–Kier alpha value is -2.60. The molecule has 2 aromatic rings. The molecule has 2 rings (SSSR count). The zero-order valence-electron chi connectivity index (χ0n) is 13.0. The number of methoxy groups -OCH3 is 2. The summed E-state index contributed by atoms with van der Waals surface area (Å²) in [5.74, 6) is -1.52. The molecule has 5 nitrogen and oxygen atoms in total. The van der Waals surface area contributed by atoms with Crippen molar-refractivity contribution in [2.75, 3.05) is 20.8 Å². The van der Waals surface area contributed by atoms with Gasteiger partial charge >= 0.3 is 5.97 Å². The molecule has 0 atom stereocenters. The number of ketones is 1. The molecule has 0 aliphatic rings. The van der Waals surface area contributed by atoms with Crippen LogP contribution in [0.3, 0.4) is 0 Å². The number of carbonyl (C=O) groups is 2. The van der Waals surface area contributed by atoms with E-state index in [9.17, 15) is 14.0 Å². The maximum absolute atomic E-state index is 13.7. The highest BCUT2D eigenvalue weighted by Crippen LogP contribution is 2.24. The predicted molar refractivity (Wildman–Crippen MR) is 85.6 cm³/mol. The minimum absolute atomic E-state index is 0.154. The van der Waals surface area contributed by atoms with Gasteiger partial charge in [-0.15, -0.1) is 0 Å². The van der Waals surface area contributed by atoms with Crippen LogP contribution in [0.4, 0.5) is 4.39 Å². The second-order valence-electron chi connectivity index (χ2n) is 4.69. The second kappa shape index (κ2) is 7.79. The van der Waals surface area contributed by atoms with Crippen LogP contribution in [0.25, 0.3) is 0 Å². The van der Waals surface area contributed by atoms with E-state index < -0.39 is 24.2 Å². The number of benzene rings is 2. The Morgan fingerprint density at radius 2 is 1.79 bits per heavy atom. The van der Waals surface area contributed by atoms with Crippen molar-refractivity contribution in [2.24, 2.45) is 0 Å². The van der Waals surface area contributed by atoms with Gasteiger partial charge in [-0.2, -0.15) is 0 Å². The van der Waals surface area contributed by atoms with Crippen LogP contribution in [0.1, 0.15) is 20.7 Å². The maximum Gasteiger partial charge on any atom is 0.341 e. The van der Waals surface area contributed by atoms with Crippen LogP contribution in [0.2, 0.25) is 5.02 Å². The monoisotopic (exact) mass is 352 g/mol. The lowest BCUT2D eigenvalue weighted by Gasteiger charge is -2.10. The molecule has 0 fully saturated rings. The molecule has 0 saturated carbocycles. The van der Waals surface area contributed by atoms with E-state index in [0.29, 0.717) is 11.5 Å². The van der Waals surface area contributed by atoms with Crippen LogP contribution >= 0.6 is 11.6 Å². The van der Waals surface area contributed by atoms with Gasteiger partial charge in [0, 0.05) is 5.02 Å². The van der Waals surface area contributed by atoms with E-state index in [-0.39, 0.29) is 16.1 Å². The van der Waals surface area contributed by atoms with Crippen molar-refractivity contribution in [1.82, 2.24) is 0 Å². The summed E-state index contributed by atoms with van der Waals surface area (Å²) in [6.07, 6.45) is 0. The Morgan fingerprint density at radius 1 is 1.04 bits per heavy atom. The molecule has 0 bridgehead atoms. The van der Waals surface area contributed by atoms with E-state index >= 15 is 0 Å². The summed E-state index contributed by atoms with van der Waals surface area (Å²) in [6, 6.07) is 8.20. The molecule has 0 spiro atoms. The number of Topliss-reactive ketones (excluding diaryl/α,β-unsaturated/α-hetero) is 1. The first-order valence-electron chi connectivity index (χ1n) is 6.83. The van der Waals surface area contributed by atoms with Gasteiger partial charge in [-0.05, 0) is 36.4 Å². The van der Waals surface area contributed by atoms with Crippen molar-refractivity contribution in [1.29, 1.82) is 0 Å². The van der Waals surface area contributed by atoms with Crippen molar-refractivity contribution in [3.63, 3.8) is 0 Å². The van der Waals surface area contributed by atoms with Crippen molar-refractivity contribution in [2.45, 2.75) is 0 Å². The van der Waals surface area contributed by atoms with Crippen LogP contribution < -0.4 is 9.47 Å².